The van der Waals surface area contributed by atoms with Crippen molar-refractivity contribution in [3.63, 3.8) is 0 Å². The van der Waals surface area contributed by atoms with Crippen LogP contribution < -0.4 is 4.90 Å². The predicted molar refractivity (Wildman–Crippen MR) is 198 cm³/mol. The topological polar surface area (TPSA) is 21.3 Å². The summed E-state index contributed by atoms with van der Waals surface area (Å²) in [5.41, 5.74) is 8.66. The zero-order valence-electron chi connectivity index (χ0n) is 25.5. The van der Waals surface area contributed by atoms with Crippen LogP contribution in [0, 0.1) is 0 Å². The van der Waals surface area contributed by atoms with Crippen molar-refractivity contribution < 1.29 is 4.42 Å². The Kier molecular flexibility index (Phi) is 5.57. The van der Waals surface area contributed by atoms with Crippen LogP contribution in [0.25, 0.3) is 71.0 Å². The van der Waals surface area contributed by atoms with Gasteiger partial charge in [0.1, 0.15) is 11.2 Å². The van der Waals surface area contributed by atoms with E-state index in [9.17, 15) is 0 Å². The first-order valence-electron chi connectivity index (χ1n) is 16.0. The Labute approximate surface area is 271 Å². The van der Waals surface area contributed by atoms with Gasteiger partial charge in [-0.1, -0.05) is 103 Å². The second kappa shape index (κ2) is 10.1. The van der Waals surface area contributed by atoms with Crippen molar-refractivity contribution in [2.45, 2.75) is 0 Å². The number of rotatable bonds is 4. The lowest BCUT2D eigenvalue weighted by Gasteiger charge is -2.27. The Balaban J connectivity index is 1.25. The standard InChI is InChI=1S/C44H28N2O/c1-2-14-31(15-3-1)46-41-19-9-8-18-36(41)38-27-32(22-25-42(38)46)45(40-20-10-13-29-11-4-6-16-34(29)40)33-23-26-43-39(28-33)37-24-21-30-12-5-7-17-35(30)44(37)47-43/h1-28H. The molecule has 220 valence electrons. The molecule has 0 unspecified atom stereocenters. The molecular formula is C44H28N2O. The molecule has 0 aliphatic heterocycles. The highest BCUT2D eigenvalue weighted by atomic mass is 16.3. The zero-order chi connectivity index (χ0) is 30.9. The largest absolute Gasteiger partial charge is 0.455 e. The van der Waals surface area contributed by atoms with Gasteiger partial charge in [0.15, 0.2) is 0 Å². The van der Waals surface area contributed by atoms with Crippen LogP contribution in [-0.2, 0) is 0 Å². The number of nitrogens with zero attached hydrogens (tertiary/aromatic N) is 2. The van der Waals surface area contributed by atoms with Gasteiger partial charge in [-0.15, -0.1) is 0 Å². The molecular weight excluding hydrogens is 572 g/mol. The molecule has 0 aliphatic carbocycles. The molecule has 0 atom stereocenters. The van der Waals surface area contributed by atoms with Crippen LogP contribution in [0.2, 0.25) is 0 Å². The van der Waals surface area contributed by atoms with Crippen molar-refractivity contribution in [3.8, 4) is 5.69 Å². The first-order chi connectivity index (χ1) is 23.3. The van der Waals surface area contributed by atoms with E-state index >= 15 is 0 Å². The number of furan rings is 1. The van der Waals surface area contributed by atoms with Crippen LogP contribution in [0.5, 0.6) is 0 Å². The lowest BCUT2D eigenvalue weighted by Crippen LogP contribution is -2.10. The van der Waals surface area contributed by atoms with Gasteiger partial charge in [-0.05, 0) is 77.5 Å². The van der Waals surface area contributed by atoms with Crippen LogP contribution in [-0.4, -0.2) is 4.57 Å². The van der Waals surface area contributed by atoms with Crippen molar-refractivity contribution in [1.29, 1.82) is 0 Å². The normalized spacial score (nSPS) is 11.8. The molecule has 3 nitrogen and oxygen atoms in total. The minimum absolute atomic E-state index is 0.888. The molecule has 2 aromatic heterocycles. The van der Waals surface area contributed by atoms with E-state index in [0.29, 0.717) is 0 Å². The first-order valence-corrected chi connectivity index (χ1v) is 16.0. The van der Waals surface area contributed by atoms with Gasteiger partial charge in [0.05, 0.1) is 16.7 Å². The van der Waals surface area contributed by atoms with E-state index in [1.54, 1.807) is 0 Å². The van der Waals surface area contributed by atoms with Crippen molar-refractivity contribution in [1.82, 2.24) is 4.57 Å². The summed E-state index contributed by atoms with van der Waals surface area (Å²) in [6.07, 6.45) is 0. The molecule has 0 amide bonds. The maximum Gasteiger partial charge on any atom is 0.143 e. The van der Waals surface area contributed by atoms with Crippen LogP contribution in [0.1, 0.15) is 0 Å². The number of anilines is 3. The Morgan fingerprint density at radius 1 is 0.404 bits per heavy atom. The summed E-state index contributed by atoms with van der Waals surface area (Å²) in [4.78, 5) is 2.40. The van der Waals surface area contributed by atoms with E-state index in [1.807, 2.05) is 0 Å². The number of aromatic nitrogens is 1. The van der Waals surface area contributed by atoms with Crippen LogP contribution in [0.3, 0.4) is 0 Å². The third-order valence-corrected chi connectivity index (χ3v) is 9.54. The van der Waals surface area contributed by atoms with E-state index in [2.05, 4.69) is 179 Å². The third-order valence-electron chi connectivity index (χ3n) is 9.54. The van der Waals surface area contributed by atoms with Crippen molar-refractivity contribution in [2.24, 2.45) is 0 Å². The summed E-state index contributed by atoms with van der Waals surface area (Å²) in [6.45, 7) is 0. The molecule has 0 bridgehead atoms. The molecule has 0 N–H and O–H groups in total. The summed E-state index contributed by atoms with van der Waals surface area (Å²) in [6, 6.07) is 60.8. The first kappa shape index (κ1) is 26.0. The van der Waals surface area contributed by atoms with E-state index in [0.717, 1.165) is 50.1 Å². The molecule has 8 aromatic carbocycles. The SMILES string of the molecule is c1ccc(-n2c3ccccc3c3cc(N(c4ccc5oc6c7ccccc7ccc6c5c4)c4cccc5ccccc45)ccc32)cc1. The third kappa shape index (κ3) is 3.93. The highest BCUT2D eigenvalue weighted by Crippen LogP contribution is 2.44. The number of fused-ring (bicyclic) bond motifs is 9. The smallest absolute Gasteiger partial charge is 0.143 e. The fraction of sp³-hybridized carbons (Fsp3) is 0. The molecule has 0 saturated heterocycles. The lowest BCUT2D eigenvalue weighted by atomic mass is 10.0. The average molecular weight is 601 g/mol. The summed E-state index contributed by atoms with van der Waals surface area (Å²) in [5.74, 6) is 0. The fourth-order valence-electron chi connectivity index (χ4n) is 7.42. The number of benzene rings is 8. The predicted octanol–water partition coefficient (Wildman–Crippen LogP) is 12.5. The maximum absolute atomic E-state index is 6.51. The van der Waals surface area contributed by atoms with Crippen LogP contribution >= 0.6 is 0 Å². The van der Waals surface area contributed by atoms with Gasteiger partial charge in [-0.2, -0.15) is 0 Å². The summed E-state index contributed by atoms with van der Waals surface area (Å²) >= 11 is 0. The Morgan fingerprint density at radius 3 is 1.89 bits per heavy atom. The average Bonchev–Trinajstić information content (AvgIpc) is 3.68. The Bertz CT molecular complexity index is 2800. The second-order valence-electron chi connectivity index (χ2n) is 12.2. The molecule has 0 saturated carbocycles. The van der Waals surface area contributed by atoms with Crippen molar-refractivity contribution in [3.05, 3.63) is 170 Å². The lowest BCUT2D eigenvalue weighted by molar-refractivity contribution is 0.672. The van der Waals surface area contributed by atoms with Crippen LogP contribution in [0.15, 0.2) is 174 Å². The van der Waals surface area contributed by atoms with Gasteiger partial charge in [-0.25, -0.2) is 0 Å². The number of para-hydroxylation sites is 2. The van der Waals surface area contributed by atoms with E-state index in [-0.39, 0.29) is 0 Å². The summed E-state index contributed by atoms with van der Waals surface area (Å²) in [7, 11) is 0. The minimum atomic E-state index is 0.888. The molecule has 0 spiro atoms. The number of hydrogen-bond donors (Lipinski definition) is 0. The van der Waals surface area contributed by atoms with Gasteiger partial charge in [0, 0.05) is 49.4 Å². The Hall–Kier alpha value is -6.32. The van der Waals surface area contributed by atoms with E-state index in [4.69, 9.17) is 4.42 Å². The molecule has 2 heterocycles. The van der Waals surface area contributed by atoms with E-state index < -0.39 is 0 Å². The zero-order valence-corrected chi connectivity index (χ0v) is 25.5. The van der Waals surface area contributed by atoms with Gasteiger partial charge in [0.2, 0.25) is 0 Å². The molecule has 0 radical (unpaired) electrons. The van der Waals surface area contributed by atoms with Gasteiger partial charge >= 0.3 is 0 Å². The van der Waals surface area contributed by atoms with Gasteiger partial charge in [0.25, 0.3) is 0 Å². The molecule has 0 aliphatic rings. The Morgan fingerprint density at radius 2 is 1.04 bits per heavy atom. The van der Waals surface area contributed by atoms with Crippen LogP contribution in [0.4, 0.5) is 17.1 Å². The second-order valence-corrected chi connectivity index (χ2v) is 12.2. The maximum atomic E-state index is 6.51. The molecule has 10 aromatic rings. The summed E-state index contributed by atoms with van der Waals surface area (Å²) in [5, 5.41) is 9.40. The van der Waals surface area contributed by atoms with Crippen molar-refractivity contribution >= 4 is 82.4 Å². The van der Waals surface area contributed by atoms with E-state index in [1.165, 1.54) is 38.0 Å². The number of hydrogen-bond acceptors (Lipinski definition) is 2. The molecule has 3 heteroatoms. The fourth-order valence-corrected chi connectivity index (χ4v) is 7.42. The quantitative estimate of drug-likeness (QED) is 0.200. The summed E-state index contributed by atoms with van der Waals surface area (Å²) < 4.78 is 8.88. The highest BCUT2D eigenvalue weighted by Gasteiger charge is 2.20. The molecule has 47 heavy (non-hydrogen) atoms. The van der Waals surface area contributed by atoms with Gasteiger partial charge < -0.3 is 13.9 Å². The highest BCUT2D eigenvalue weighted by molar-refractivity contribution is 6.16. The minimum Gasteiger partial charge on any atom is -0.455 e. The molecule has 10 rings (SSSR count). The molecule has 0 fully saturated rings. The van der Waals surface area contributed by atoms with Crippen molar-refractivity contribution in [2.75, 3.05) is 4.90 Å². The van der Waals surface area contributed by atoms with Gasteiger partial charge in [-0.3, -0.25) is 0 Å². The monoisotopic (exact) mass is 600 g/mol.